The molecule has 4 heteroatoms. The molecule has 0 aliphatic rings. The van der Waals surface area contributed by atoms with E-state index in [4.69, 9.17) is 9.47 Å². The molecule has 0 amide bonds. The first-order valence-corrected chi connectivity index (χ1v) is 11.3. The molecule has 3 nitrogen and oxygen atoms in total. The Bertz CT molecular complexity index is 971. The van der Waals surface area contributed by atoms with E-state index in [0.717, 1.165) is 34.6 Å². The Morgan fingerprint density at radius 3 is 2.43 bits per heavy atom. The SMILES string of the molecule is CCC(C)(Pc1ccc(C)cc1CO)c1cc(OC)ccc1OCc1ccccc1. The van der Waals surface area contributed by atoms with Gasteiger partial charge in [-0.05, 0) is 48.0 Å². The molecule has 0 radical (unpaired) electrons. The van der Waals surface area contributed by atoms with Crippen LogP contribution < -0.4 is 14.8 Å². The third-order valence-electron chi connectivity index (χ3n) is 5.57. The predicted octanol–water partition coefficient (Wildman–Crippen LogP) is 5.70. The van der Waals surface area contributed by atoms with Gasteiger partial charge in [-0.3, -0.25) is 0 Å². The van der Waals surface area contributed by atoms with Gasteiger partial charge in [0, 0.05) is 10.7 Å². The quantitative estimate of drug-likeness (QED) is 0.449. The molecule has 158 valence electrons. The molecule has 0 aliphatic carbocycles. The molecule has 0 heterocycles. The highest BCUT2D eigenvalue weighted by molar-refractivity contribution is 7.48. The maximum absolute atomic E-state index is 9.89. The van der Waals surface area contributed by atoms with Crippen LogP contribution in [0.3, 0.4) is 0 Å². The summed E-state index contributed by atoms with van der Waals surface area (Å²) in [6, 6.07) is 22.6. The van der Waals surface area contributed by atoms with Crippen LogP contribution in [0.25, 0.3) is 0 Å². The molecule has 0 saturated carbocycles. The third-order valence-corrected chi connectivity index (χ3v) is 7.50. The molecule has 0 spiro atoms. The minimum Gasteiger partial charge on any atom is -0.497 e. The number of hydrogen-bond acceptors (Lipinski definition) is 3. The minimum atomic E-state index is -0.139. The summed E-state index contributed by atoms with van der Waals surface area (Å²) in [5.74, 6) is 1.71. The lowest BCUT2D eigenvalue weighted by Gasteiger charge is -2.32. The molecule has 0 fully saturated rings. The predicted molar refractivity (Wildman–Crippen MR) is 126 cm³/mol. The van der Waals surface area contributed by atoms with Gasteiger partial charge >= 0.3 is 0 Å². The molecule has 0 aromatic heterocycles. The highest BCUT2D eigenvalue weighted by Crippen LogP contribution is 2.48. The Kier molecular flexibility index (Phi) is 7.53. The van der Waals surface area contributed by atoms with Crippen LogP contribution in [0, 0.1) is 6.92 Å². The molecular weight excluding hydrogens is 391 g/mol. The highest BCUT2D eigenvalue weighted by Gasteiger charge is 2.30. The fourth-order valence-corrected chi connectivity index (χ4v) is 5.13. The smallest absolute Gasteiger partial charge is 0.124 e. The van der Waals surface area contributed by atoms with E-state index in [9.17, 15) is 5.11 Å². The first kappa shape index (κ1) is 22.3. The van der Waals surface area contributed by atoms with Crippen LogP contribution in [-0.2, 0) is 18.4 Å². The number of methoxy groups -OCH3 is 1. The lowest BCUT2D eigenvalue weighted by atomic mass is 9.96. The van der Waals surface area contributed by atoms with Gasteiger partial charge in [0.05, 0.1) is 13.7 Å². The summed E-state index contributed by atoms with van der Waals surface area (Å²) in [6.45, 7) is 7.12. The van der Waals surface area contributed by atoms with Gasteiger partial charge in [0.25, 0.3) is 0 Å². The first-order chi connectivity index (χ1) is 14.5. The summed E-state index contributed by atoms with van der Waals surface area (Å²) in [5, 5.41) is 10.9. The summed E-state index contributed by atoms with van der Waals surface area (Å²) in [5.41, 5.74) is 4.45. The van der Waals surface area contributed by atoms with E-state index in [1.165, 1.54) is 10.9 Å². The van der Waals surface area contributed by atoms with Crippen molar-refractivity contribution in [1.82, 2.24) is 0 Å². The normalized spacial score (nSPS) is 13.4. The maximum Gasteiger partial charge on any atom is 0.124 e. The lowest BCUT2D eigenvalue weighted by molar-refractivity contribution is 0.283. The van der Waals surface area contributed by atoms with Crippen molar-refractivity contribution >= 4 is 13.9 Å². The van der Waals surface area contributed by atoms with E-state index in [1.54, 1.807) is 7.11 Å². The number of hydrogen-bond donors (Lipinski definition) is 1. The molecule has 3 aromatic rings. The van der Waals surface area contributed by atoms with Crippen molar-refractivity contribution in [2.24, 2.45) is 0 Å². The summed E-state index contributed by atoms with van der Waals surface area (Å²) >= 11 is 0. The van der Waals surface area contributed by atoms with Gasteiger partial charge in [-0.25, -0.2) is 0 Å². The Morgan fingerprint density at radius 1 is 1.00 bits per heavy atom. The van der Waals surface area contributed by atoms with Crippen molar-refractivity contribution in [1.29, 1.82) is 0 Å². The molecule has 1 N–H and O–H groups in total. The van der Waals surface area contributed by atoms with Crippen LogP contribution in [0.15, 0.2) is 66.7 Å². The molecule has 3 rings (SSSR count). The monoisotopic (exact) mass is 422 g/mol. The van der Waals surface area contributed by atoms with Gasteiger partial charge in [0.2, 0.25) is 0 Å². The van der Waals surface area contributed by atoms with E-state index in [-0.39, 0.29) is 11.8 Å². The Morgan fingerprint density at radius 2 is 1.77 bits per heavy atom. The van der Waals surface area contributed by atoms with Crippen LogP contribution in [-0.4, -0.2) is 12.2 Å². The minimum absolute atomic E-state index is 0.0548. The zero-order valence-corrected chi connectivity index (χ0v) is 19.2. The van der Waals surface area contributed by atoms with Gasteiger partial charge in [-0.2, -0.15) is 0 Å². The van der Waals surface area contributed by atoms with Crippen LogP contribution in [0.5, 0.6) is 11.5 Å². The Hall–Kier alpha value is -2.35. The summed E-state index contributed by atoms with van der Waals surface area (Å²) < 4.78 is 11.8. The molecule has 0 bridgehead atoms. The van der Waals surface area contributed by atoms with Crippen LogP contribution in [0.4, 0.5) is 0 Å². The zero-order chi connectivity index (χ0) is 21.6. The van der Waals surface area contributed by atoms with Gasteiger partial charge in [0.1, 0.15) is 18.1 Å². The van der Waals surface area contributed by atoms with Crippen molar-refractivity contribution in [3.63, 3.8) is 0 Å². The van der Waals surface area contributed by atoms with Crippen molar-refractivity contribution < 1.29 is 14.6 Å². The fourth-order valence-electron chi connectivity index (χ4n) is 3.55. The van der Waals surface area contributed by atoms with E-state index in [1.807, 2.05) is 30.3 Å². The number of aryl methyl sites for hydroxylation is 1. The summed E-state index contributed by atoms with van der Waals surface area (Å²) in [4.78, 5) is 0. The van der Waals surface area contributed by atoms with E-state index >= 15 is 0 Å². The largest absolute Gasteiger partial charge is 0.497 e. The van der Waals surface area contributed by atoms with Crippen LogP contribution in [0.2, 0.25) is 0 Å². The third kappa shape index (κ3) is 5.22. The van der Waals surface area contributed by atoms with Gasteiger partial charge in [-0.15, -0.1) is 0 Å². The van der Waals surface area contributed by atoms with Crippen LogP contribution >= 0.6 is 8.58 Å². The van der Waals surface area contributed by atoms with Crippen molar-refractivity contribution in [2.75, 3.05) is 7.11 Å². The van der Waals surface area contributed by atoms with Crippen LogP contribution in [0.1, 0.15) is 42.5 Å². The van der Waals surface area contributed by atoms with Crippen molar-refractivity contribution in [3.8, 4) is 11.5 Å². The number of aliphatic hydroxyl groups is 1. The molecule has 0 saturated heterocycles. The van der Waals surface area contributed by atoms with Gasteiger partial charge in [-0.1, -0.05) is 76.5 Å². The zero-order valence-electron chi connectivity index (χ0n) is 18.2. The second-order valence-corrected chi connectivity index (χ2v) is 9.66. The van der Waals surface area contributed by atoms with Crippen molar-refractivity contribution in [3.05, 3.63) is 89.0 Å². The van der Waals surface area contributed by atoms with Gasteiger partial charge < -0.3 is 14.6 Å². The molecule has 0 aliphatic heterocycles. The Labute approximate surface area is 181 Å². The van der Waals surface area contributed by atoms with E-state index in [0.29, 0.717) is 15.2 Å². The second kappa shape index (κ2) is 10.1. The number of benzene rings is 3. The second-order valence-electron chi connectivity index (χ2n) is 7.77. The first-order valence-electron chi connectivity index (χ1n) is 10.3. The molecule has 30 heavy (non-hydrogen) atoms. The number of ether oxygens (including phenoxy) is 2. The van der Waals surface area contributed by atoms with E-state index < -0.39 is 0 Å². The Balaban J connectivity index is 1.97. The molecule has 3 aromatic carbocycles. The fraction of sp³-hybridized carbons (Fsp3) is 0.308. The van der Waals surface area contributed by atoms with E-state index in [2.05, 4.69) is 57.2 Å². The molecular formula is C26H31O3P. The average molecular weight is 423 g/mol. The highest BCUT2D eigenvalue weighted by atomic mass is 31.1. The summed E-state index contributed by atoms with van der Waals surface area (Å²) in [7, 11) is 2.19. The molecule has 2 atom stereocenters. The van der Waals surface area contributed by atoms with Gasteiger partial charge in [0.15, 0.2) is 0 Å². The number of rotatable bonds is 9. The topological polar surface area (TPSA) is 38.7 Å². The van der Waals surface area contributed by atoms with Crippen molar-refractivity contribution in [2.45, 2.75) is 45.6 Å². The maximum atomic E-state index is 9.89. The standard InChI is InChI=1S/C26H31O3P/c1-5-26(3,30-25-14-11-19(2)15-21(25)17-27)23-16-22(28-4)12-13-24(23)29-18-20-9-7-6-8-10-20/h6-16,27,30H,5,17-18H2,1-4H3. The lowest BCUT2D eigenvalue weighted by Crippen LogP contribution is -2.21. The number of aliphatic hydroxyl groups excluding tert-OH is 1. The molecule has 2 unspecified atom stereocenters. The summed E-state index contributed by atoms with van der Waals surface area (Å²) in [6.07, 6.45) is 0.944. The average Bonchev–Trinajstić information content (AvgIpc) is 2.79.